The van der Waals surface area contributed by atoms with E-state index in [1.54, 1.807) is 6.20 Å². The van der Waals surface area contributed by atoms with Crippen molar-refractivity contribution in [3.8, 4) is 0 Å². The van der Waals surface area contributed by atoms with Gasteiger partial charge in [-0.05, 0) is 31.5 Å². The van der Waals surface area contributed by atoms with Crippen molar-refractivity contribution >= 4 is 5.91 Å². The minimum Gasteiger partial charge on any atom is -0.369 e. The molecule has 0 atom stereocenters. The van der Waals surface area contributed by atoms with Crippen molar-refractivity contribution in [1.29, 1.82) is 0 Å². The number of nitrogens with two attached hydrogens (primary N) is 2. The van der Waals surface area contributed by atoms with E-state index >= 15 is 0 Å². The Balaban J connectivity index is 2.74. The molecule has 0 aromatic carbocycles. The second-order valence-corrected chi connectivity index (χ2v) is 4.32. The second-order valence-electron chi connectivity index (χ2n) is 4.32. The normalized spacial score (nSPS) is 11.1. The van der Waals surface area contributed by atoms with E-state index < -0.39 is 0 Å². The molecule has 0 aliphatic rings. The zero-order valence-electron chi connectivity index (χ0n) is 10.4. The first kappa shape index (κ1) is 13.6. The lowest BCUT2D eigenvalue weighted by Gasteiger charge is -2.25. The maximum Gasteiger partial charge on any atom is 0.231 e. The van der Waals surface area contributed by atoms with Crippen LogP contribution in [0.3, 0.4) is 0 Å². The number of rotatable bonds is 6. The first-order valence-corrected chi connectivity index (χ1v) is 5.69. The van der Waals surface area contributed by atoms with Gasteiger partial charge in [0.25, 0.3) is 0 Å². The van der Waals surface area contributed by atoms with Gasteiger partial charge in [0.2, 0.25) is 5.91 Å². The van der Waals surface area contributed by atoms with Crippen LogP contribution in [0.1, 0.15) is 25.1 Å². The summed E-state index contributed by atoms with van der Waals surface area (Å²) in [6.45, 7) is 5.43. The summed E-state index contributed by atoms with van der Waals surface area (Å²) in [5.74, 6) is -0.313. The van der Waals surface area contributed by atoms with E-state index in [1.165, 1.54) is 0 Å². The third-order valence-electron chi connectivity index (χ3n) is 2.57. The predicted molar refractivity (Wildman–Crippen MR) is 66.9 cm³/mol. The average molecular weight is 236 g/mol. The van der Waals surface area contributed by atoms with Gasteiger partial charge in [-0.3, -0.25) is 14.7 Å². The van der Waals surface area contributed by atoms with Crippen LogP contribution in [-0.2, 0) is 17.9 Å². The maximum absolute atomic E-state index is 11.0. The summed E-state index contributed by atoms with van der Waals surface area (Å²) >= 11 is 0. The molecule has 1 rings (SSSR count). The van der Waals surface area contributed by atoms with Crippen molar-refractivity contribution in [1.82, 2.24) is 9.88 Å². The van der Waals surface area contributed by atoms with Gasteiger partial charge in [-0.1, -0.05) is 0 Å². The molecule has 94 valence electrons. The quantitative estimate of drug-likeness (QED) is 0.740. The minimum absolute atomic E-state index is 0.261. The summed E-state index contributed by atoms with van der Waals surface area (Å²) in [5, 5.41) is 0. The van der Waals surface area contributed by atoms with Crippen molar-refractivity contribution in [3.63, 3.8) is 0 Å². The Morgan fingerprint density at radius 3 is 2.76 bits per heavy atom. The van der Waals surface area contributed by atoms with Gasteiger partial charge in [-0.2, -0.15) is 0 Å². The molecular formula is C12H20N4O. The highest BCUT2D eigenvalue weighted by molar-refractivity contribution is 5.75. The fourth-order valence-corrected chi connectivity index (χ4v) is 1.59. The largest absolute Gasteiger partial charge is 0.369 e. The van der Waals surface area contributed by atoms with Crippen LogP contribution in [0.5, 0.6) is 0 Å². The standard InChI is InChI=1S/C12H20N4O/c1-9(2)16(8-12(14)17)7-10-3-4-15-11(5-10)6-13/h3-5,9H,6-8,13H2,1-2H3,(H2,14,17). The van der Waals surface area contributed by atoms with E-state index in [-0.39, 0.29) is 18.5 Å². The molecule has 0 spiro atoms. The highest BCUT2D eigenvalue weighted by Crippen LogP contribution is 2.08. The van der Waals surface area contributed by atoms with E-state index in [9.17, 15) is 4.79 Å². The van der Waals surface area contributed by atoms with Crippen LogP contribution in [-0.4, -0.2) is 28.4 Å². The number of primary amides is 1. The van der Waals surface area contributed by atoms with Crippen LogP contribution in [0, 0.1) is 0 Å². The molecular weight excluding hydrogens is 216 g/mol. The Morgan fingerprint density at radius 1 is 1.53 bits per heavy atom. The van der Waals surface area contributed by atoms with Crippen molar-refractivity contribution in [2.75, 3.05) is 6.54 Å². The van der Waals surface area contributed by atoms with Gasteiger partial charge >= 0.3 is 0 Å². The molecule has 0 bridgehead atoms. The minimum atomic E-state index is -0.313. The lowest BCUT2D eigenvalue weighted by Crippen LogP contribution is -2.38. The molecule has 0 unspecified atom stereocenters. The first-order chi connectivity index (χ1) is 8.02. The Hall–Kier alpha value is -1.46. The second kappa shape index (κ2) is 6.32. The smallest absolute Gasteiger partial charge is 0.231 e. The van der Waals surface area contributed by atoms with Crippen molar-refractivity contribution in [2.45, 2.75) is 33.0 Å². The molecule has 1 heterocycles. The number of amides is 1. The fourth-order valence-electron chi connectivity index (χ4n) is 1.59. The average Bonchev–Trinajstić information content (AvgIpc) is 2.27. The van der Waals surface area contributed by atoms with Crippen LogP contribution in [0.25, 0.3) is 0 Å². The third kappa shape index (κ3) is 4.50. The predicted octanol–water partition coefficient (Wildman–Crippen LogP) is 0.236. The molecule has 17 heavy (non-hydrogen) atoms. The summed E-state index contributed by atoms with van der Waals surface area (Å²) < 4.78 is 0. The molecule has 0 aliphatic heterocycles. The number of carbonyl (C=O) groups excluding carboxylic acids is 1. The number of hydrogen-bond acceptors (Lipinski definition) is 4. The molecule has 0 aliphatic carbocycles. The summed E-state index contributed by atoms with van der Waals surface area (Å²) in [7, 11) is 0. The number of hydrogen-bond donors (Lipinski definition) is 2. The summed E-state index contributed by atoms with van der Waals surface area (Å²) in [6.07, 6.45) is 1.74. The summed E-state index contributed by atoms with van der Waals surface area (Å²) in [6, 6.07) is 4.14. The molecule has 0 radical (unpaired) electrons. The summed E-state index contributed by atoms with van der Waals surface area (Å²) in [5.41, 5.74) is 12.7. The van der Waals surface area contributed by atoms with E-state index in [0.717, 1.165) is 11.3 Å². The third-order valence-corrected chi connectivity index (χ3v) is 2.57. The Morgan fingerprint density at radius 2 is 2.24 bits per heavy atom. The number of aromatic nitrogens is 1. The Bertz CT molecular complexity index is 379. The van der Waals surface area contributed by atoms with Gasteiger partial charge in [0, 0.05) is 25.3 Å². The highest BCUT2D eigenvalue weighted by atomic mass is 16.1. The molecule has 5 heteroatoms. The highest BCUT2D eigenvalue weighted by Gasteiger charge is 2.12. The number of carbonyl (C=O) groups is 1. The van der Waals surface area contributed by atoms with Gasteiger partial charge in [0.15, 0.2) is 0 Å². The number of pyridine rings is 1. The molecule has 5 nitrogen and oxygen atoms in total. The van der Waals surface area contributed by atoms with Crippen LogP contribution in [0.4, 0.5) is 0 Å². The molecule has 0 saturated heterocycles. The van der Waals surface area contributed by atoms with Gasteiger partial charge in [-0.15, -0.1) is 0 Å². The molecule has 1 amide bonds. The molecule has 1 aromatic rings. The SMILES string of the molecule is CC(C)N(CC(N)=O)Cc1ccnc(CN)c1. The Labute approximate surface area is 102 Å². The maximum atomic E-state index is 11.0. The monoisotopic (exact) mass is 236 g/mol. The van der Waals surface area contributed by atoms with Crippen LogP contribution < -0.4 is 11.5 Å². The number of nitrogens with zero attached hydrogens (tertiary/aromatic N) is 2. The molecule has 4 N–H and O–H groups in total. The molecule has 0 saturated carbocycles. The zero-order valence-corrected chi connectivity index (χ0v) is 10.4. The van der Waals surface area contributed by atoms with Crippen molar-refractivity contribution in [2.24, 2.45) is 11.5 Å². The van der Waals surface area contributed by atoms with Crippen LogP contribution in [0.15, 0.2) is 18.3 Å². The fraction of sp³-hybridized carbons (Fsp3) is 0.500. The van der Waals surface area contributed by atoms with Crippen molar-refractivity contribution < 1.29 is 4.79 Å². The summed E-state index contributed by atoms with van der Waals surface area (Å²) in [4.78, 5) is 17.1. The lowest BCUT2D eigenvalue weighted by atomic mass is 10.2. The zero-order chi connectivity index (χ0) is 12.8. The van der Waals surface area contributed by atoms with E-state index in [2.05, 4.69) is 4.98 Å². The van der Waals surface area contributed by atoms with E-state index in [1.807, 2.05) is 30.9 Å². The van der Waals surface area contributed by atoms with Gasteiger partial charge in [-0.25, -0.2) is 0 Å². The molecule has 0 fully saturated rings. The van der Waals surface area contributed by atoms with Gasteiger partial charge < -0.3 is 11.5 Å². The van der Waals surface area contributed by atoms with Crippen LogP contribution >= 0.6 is 0 Å². The van der Waals surface area contributed by atoms with E-state index in [0.29, 0.717) is 13.1 Å². The lowest BCUT2D eigenvalue weighted by molar-refractivity contribution is -0.119. The topological polar surface area (TPSA) is 85.2 Å². The Kier molecular flexibility index (Phi) is 5.06. The molecule has 1 aromatic heterocycles. The van der Waals surface area contributed by atoms with Crippen molar-refractivity contribution in [3.05, 3.63) is 29.6 Å². The van der Waals surface area contributed by atoms with E-state index in [4.69, 9.17) is 11.5 Å². The van der Waals surface area contributed by atoms with Gasteiger partial charge in [0.1, 0.15) is 0 Å². The first-order valence-electron chi connectivity index (χ1n) is 5.69. The van der Waals surface area contributed by atoms with Crippen LogP contribution in [0.2, 0.25) is 0 Å². The van der Waals surface area contributed by atoms with Gasteiger partial charge in [0.05, 0.1) is 12.2 Å².